The van der Waals surface area contributed by atoms with Crippen molar-refractivity contribution in [2.45, 2.75) is 26.3 Å². The monoisotopic (exact) mass is 316 g/mol. The van der Waals surface area contributed by atoms with E-state index in [0.29, 0.717) is 16.0 Å². The van der Waals surface area contributed by atoms with Gasteiger partial charge in [-0.2, -0.15) is 0 Å². The van der Waals surface area contributed by atoms with Gasteiger partial charge in [0.2, 0.25) is 0 Å². The van der Waals surface area contributed by atoms with Gasteiger partial charge >= 0.3 is 0 Å². The highest BCUT2D eigenvalue weighted by atomic mass is 35.5. The van der Waals surface area contributed by atoms with E-state index in [1.807, 2.05) is 6.07 Å². The Labute approximate surface area is 130 Å². The zero-order chi connectivity index (χ0) is 14.7. The van der Waals surface area contributed by atoms with Crippen molar-refractivity contribution >= 4 is 23.2 Å². The lowest BCUT2D eigenvalue weighted by atomic mass is 9.94. The Kier molecular flexibility index (Phi) is 5.56. The van der Waals surface area contributed by atoms with Crippen molar-refractivity contribution in [3.63, 3.8) is 0 Å². The Morgan fingerprint density at radius 1 is 1.25 bits per heavy atom. The molecule has 0 bridgehead atoms. The van der Waals surface area contributed by atoms with Crippen molar-refractivity contribution in [2.75, 3.05) is 26.2 Å². The van der Waals surface area contributed by atoms with E-state index >= 15 is 0 Å². The molecule has 3 nitrogen and oxygen atoms in total. The van der Waals surface area contributed by atoms with Crippen LogP contribution in [0.5, 0.6) is 5.75 Å². The molecule has 1 atom stereocenters. The van der Waals surface area contributed by atoms with Crippen LogP contribution in [-0.2, 0) is 0 Å². The van der Waals surface area contributed by atoms with E-state index in [-0.39, 0.29) is 11.8 Å². The van der Waals surface area contributed by atoms with Gasteiger partial charge in [-0.25, -0.2) is 0 Å². The van der Waals surface area contributed by atoms with Crippen LogP contribution < -0.4 is 5.32 Å². The third-order valence-electron chi connectivity index (χ3n) is 3.70. The maximum absolute atomic E-state index is 10.3. The molecule has 0 radical (unpaired) electrons. The summed E-state index contributed by atoms with van der Waals surface area (Å²) in [5.41, 5.74) is 0.845. The number of phenols is 1. The molecule has 1 aliphatic heterocycles. The minimum absolute atomic E-state index is 0.160. The number of piperazine rings is 1. The summed E-state index contributed by atoms with van der Waals surface area (Å²) in [5, 5.41) is 14.6. The molecule has 1 aromatic carbocycles. The molecule has 0 unspecified atom stereocenters. The van der Waals surface area contributed by atoms with E-state index in [2.05, 4.69) is 24.1 Å². The lowest BCUT2D eigenvalue weighted by molar-refractivity contribution is 0.151. The van der Waals surface area contributed by atoms with Crippen molar-refractivity contribution in [1.29, 1.82) is 0 Å². The van der Waals surface area contributed by atoms with Crippen LogP contribution in [0, 0.1) is 5.92 Å². The normalized spacial score (nSPS) is 18.4. The number of nitrogens with zero attached hydrogens (tertiary/aromatic N) is 1. The average molecular weight is 317 g/mol. The summed E-state index contributed by atoms with van der Waals surface area (Å²) in [7, 11) is 0. The number of nitrogens with one attached hydrogen (secondary N) is 1. The van der Waals surface area contributed by atoms with E-state index in [9.17, 15) is 5.11 Å². The molecule has 112 valence electrons. The van der Waals surface area contributed by atoms with E-state index in [1.54, 1.807) is 6.07 Å². The van der Waals surface area contributed by atoms with Crippen LogP contribution in [0.15, 0.2) is 12.1 Å². The number of benzene rings is 1. The minimum Gasteiger partial charge on any atom is -0.506 e. The highest BCUT2D eigenvalue weighted by Crippen LogP contribution is 2.39. The molecular formula is C15H22Cl2N2O. The highest BCUT2D eigenvalue weighted by Gasteiger charge is 2.26. The number of aromatic hydroxyl groups is 1. The van der Waals surface area contributed by atoms with Gasteiger partial charge < -0.3 is 10.4 Å². The smallest absolute Gasteiger partial charge is 0.139 e. The number of hydrogen-bond acceptors (Lipinski definition) is 3. The molecule has 5 heteroatoms. The Balaban J connectivity index is 2.34. The average Bonchev–Trinajstić information content (AvgIpc) is 2.41. The molecule has 2 N–H and O–H groups in total. The molecule has 1 aromatic rings. The third-order valence-corrected chi connectivity index (χ3v) is 4.21. The predicted molar refractivity (Wildman–Crippen MR) is 84.8 cm³/mol. The third kappa shape index (κ3) is 3.79. The first-order chi connectivity index (χ1) is 9.49. The number of hydrogen-bond donors (Lipinski definition) is 2. The van der Waals surface area contributed by atoms with Gasteiger partial charge in [0.25, 0.3) is 0 Å². The Hall–Kier alpha value is -0.480. The molecule has 0 aliphatic carbocycles. The van der Waals surface area contributed by atoms with Crippen molar-refractivity contribution < 1.29 is 5.11 Å². The largest absolute Gasteiger partial charge is 0.506 e. The number of rotatable bonds is 4. The maximum atomic E-state index is 10.3. The summed E-state index contributed by atoms with van der Waals surface area (Å²) in [4.78, 5) is 2.40. The summed E-state index contributed by atoms with van der Waals surface area (Å²) in [6, 6.07) is 3.59. The van der Waals surface area contributed by atoms with Crippen LogP contribution >= 0.6 is 23.2 Å². The molecule has 20 heavy (non-hydrogen) atoms. The van der Waals surface area contributed by atoms with Crippen LogP contribution in [-0.4, -0.2) is 36.2 Å². The molecule has 1 aliphatic rings. The summed E-state index contributed by atoms with van der Waals surface area (Å²) in [6.45, 7) is 8.28. The van der Waals surface area contributed by atoms with Gasteiger partial charge in [-0.15, -0.1) is 0 Å². The van der Waals surface area contributed by atoms with Gasteiger partial charge in [0.05, 0.1) is 5.02 Å². The molecule has 0 saturated carbocycles. The first-order valence-electron chi connectivity index (χ1n) is 7.11. The second-order valence-electron chi connectivity index (χ2n) is 5.76. The van der Waals surface area contributed by atoms with E-state index < -0.39 is 0 Å². The van der Waals surface area contributed by atoms with Gasteiger partial charge in [-0.1, -0.05) is 37.0 Å². The highest BCUT2D eigenvalue weighted by molar-refractivity contribution is 6.35. The van der Waals surface area contributed by atoms with Crippen molar-refractivity contribution in [3.8, 4) is 5.75 Å². The predicted octanol–water partition coefficient (Wildman–Crippen LogP) is 3.69. The van der Waals surface area contributed by atoms with Gasteiger partial charge in [0.15, 0.2) is 0 Å². The van der Waals surface area contributed by atoms with Crippen LogP contribution in [0.3, 0.4) is 0 Å². The molecule has 0 spiro atoms. The van der Waals surface area contributed by atoms with Crippen molar-refractivity contribution in [2.24, 2.45) is 5.92 Å². The van der Waals surface area contributed by atoms with E-state index in [4.69, 9.17) is 23.2 Å². The van der Waals surface area contributed by atoms with Crippen LogP contribution in [0.25, 0.3) is 0 Å². The SMILES string of the molecule is CC(C)C[C@H](c1cc(Cl)cc(Cl)c1O)N1CCNCC1. The maximum Gasteiger partial charge on any atom is 0.139 e. The molecule has 2 rings (SSSR count). The van der Waals surface area contributed by atoms with Gasteiger partial charge in [-0.05, 0) is 24.5 Å². The Bertz CT molecular complexity index is 459. The van der Waals surface area contributed by atoms with Crippen LogP contribution in [0.2, 0.25) is 10.0 Å². The molecule has 1 saturated heterocycles. The fourth-order valence-electron chi connectivity index (χ4n) is 2.75. The number of phenolic OH excluding ortho intramolecular Hbond substituents is 1. The van der Waals surface area contributed by atoms with Crippen molar-refractivity contribution in [3.05, 3.63) is 27.7 Å². The van der Waals surface area contributed by atoms with Crippen LogP contribution in [0.4, 0.5) is 0 Å². The molecular weight excluding hydrogens is 295 g/mol. The second kappa shape index (κ2) is 6.99. The van der Waals surface area contributed by atoms with Crippen LogP contribution in [0.1, 0.15) is 31.9 Å². The molecule has 1 fully saturated rings. The second-order valence-corrected chi connectivity index (χ2v) is 6.60. The molecule has 0 amide bonds. The lowest BCUT2D eigenvalue weighted by Gasteiger charge is -2.36. The van der Waals surface area contributed by atoms with Gasteiger partial charge in [-0.3, -0.25) is 4.90 Å². The van der Waals surface area contributed by atoms with Gasteiger partial charge in [0, 0.05) is 42.8 Å². The Morgan fingerprint density at radius 3 is 2.50 bits per heavy atom. The minimum atomic E-state index is 0.160. The lowest BCUT2D eigenvalue weighted by Crippen LogP contribution is -2.45. The topological polar surface area (TPSA) is 35.5 Å². The fourth-order valence-corrected chi connectivity index (χ4v) is 3.26. The van der Waals surface area contributed by atoms with E-state index in [0.717, 1.165) is 38.2 Å². The number of halogens is 2. The zero-order valence-electron chi connectivity index (χ0n) is 12.0. The Morgan fingerprint density at radius 2 is 1.90 bits per heavy atom. The van der Waals surface area contributed by atoms with Crippen molar-refractivity contribution in [1.82, 2.24) is 10.2 Å². The fraction of sp³-hybridized carbons (Fsp3) is 0.600. The summed E-state index contributed by atoms with van der Waals surface area (Å²) < 4.78 is 0. The quantitative estimate of drug-likeness (QED) is 0.889. The summed E-state index contributed by atoms with van der Waals surface area (Å²) >= 11 is 12.2. The van der Waals surface area contributed by atoms with Gasteiger partial charge in [0.1, 0.15) is 5.75 Å². The summed E-state index contributed by atoms with van der Waals surface area (Å²) in [5.74, 6) is 0.701. The first-order valence-corrected chi connectivity index (χ1v) is 7.87. The zero-order valence-corrected chi connectivity index (χ0v) is 13.5. The molecule has 1 heterocycles. The van der Waals surface area contributed by atoms with E-state index in [1.165, 1.54) is 0 Å². The standard InChI is InChI=1S/C15H22Cl2N2O/c1-10(2)7-14(19-5-3-18-4-6-19)12-8-11(16)9-13(17)15(12)20/h8-10,14,18,20H,3-7H2,1-2H3/t14-/m1/s1. The first kappa shape index (κ1) is 15.9. The summed E-state index contributed by atoms with van der Waals surface area (Å²) in [6.07, 6.45) is 0.976. The molecule has 0 aromatic heterocycles.